The van der Waals surface area contributed by atoms with Gasteiger partial charge in [0.25, 0.3) is 0 Å². The number of amides is 1. The highest BCUT2D eigenvalue weighted by atomic mass is 19.4. The van der Waals surface area contributed by atoms with Gasteiger partial charge in [0.15, 0.2) is 0 Å². The Kier molecular flexibility index (Phi) is 4.58. The third kappa shape index (κ3) is 4.83. The summed E-state index contributed by atoms with van der Waals surface area (Å²) < 4.78 is 35.5. The maximum absolute atomic E-state index is 11.8. The Balaban J connectivity index is 2.28. The van der Waals surface area contributed by atoms with Gasteiger partial charge in [-0.25, -0.2) is 0 Å². The van der Waals surface area contributed by atoms with Crippen molar-refractivity contribution in [3.63, 3.8) is 0 Å². The van der Waals surface area contributed by atoms with Gasteiger partial charge in [0.05, 0.1) is 18.6 Å². The van der Waals surface area contributed by atoms with E-state index in [1.807, 2.05) is 0 Å². The van der Waals surface area contributed by atoms with Crippen LogP contribution in [0.5, 0.6) is 0 Å². The lowest BCUT2D eigenvalue weighted by molar-refractivity contribution is -0.144. The van der Waals surface area contributed by atoms with Crippen molar-refractivity contribution in [1.82, 2.24) is 5.32 Å². The highest BCUT2D eigenvalue weighted by Gasteiger charge is 2.29. The number of aliphatic hydroxyl groups excluding tert-OH is 1. The first-order valence-corrected chi connectivity index (χ1v) is 5.42. The van der Waals surface area contributed by atoms with Crippen LogP contribution in [0.4, 0.5) is 13.2 Å². The molecule has 16 heavy (non-hydrogen) atoms. The number of hydrogen-bond donors (Lipinski definition) is 2. The van der Waals surface area contributed by atoms with Crippen molar-refractivity contribution >= 4 is 5.91 Å². The minimum absolute atomic E-state index is 0.380. The summed E-state index contributed by atoms with van der Waals surface area (Å²) in [5.74, 6) is -0.636. The van der Waals surface area contributed by atoms with Gasteiger partial charge < -0.3 is 10.4 Å². The average molecular weight is 239 g/mol. The summed E-state index contributed by atoms with van der Waals surface area (Å²) in [6.07, 6.45) is -3.57. The Labute approximate surface area is 92.0 Å². The van der Waals surface area contributed by atoms with Gasteiger partial charge in [-0.3, -0.25) is 4.79 Å². The molecule has 3 nitrogen and oxygen atoms in total. The van der Waals surface area contributed by atoms with Crippen LogP contribution in [-0.4, -0.2) is 29.3 Å². The first-order valence-electron chi connectivity index (χ1n) is 5.42. The van der Waals surface area contributed by atoms with Crippen molar-refractivity contribution in [2.24, 2.45) is 0 Å². The summed E-state index contributed by atoms with van der Waals surface area (Å²) in [6.45, 7) is 0. The molecule has 1 amide bonds. The van der Waals surface area contributed by atoms with Crippen LogP contribution in [-0.2, 0) is 4.79 Å². The van der Waals surface area contributed by atoms with Gasteiger partial charge in [-0.1, -0.05) is 12.8 Å². The number of carbonyl (C=O) groups is 1. The standard InChI is InChI=1S/C10H16F3NO2/c11-10(12,13)6-5-9(16)14-7-3-1-2-4-8(7)15/h7-8,15H,1-6H2,(H,14,16)/t7-,8-/m1/s1. The molecule has 1 rings (SSSR count). The molecule has 0 aromatic heterocycles. The molecule has 0 aromatic carbocycles. The molecule has 1 saturated carbocycles. The van der Waals surface area contributed by atoms with Gasteiger partial charge in [0.1, 0.15) is 0 Å². The molecule has 0 bridgehead atoms. The number of alkyl halides is 3. The fourth-order valence-corrected chi connectivity index (χ4v) is 1.81. The Morgan fingerprint density at radius 3 is 2.50 bits per heavy atom. The zero-order valence-corrected chi connectivity index (χ0v) is 8.89. The highest BCUT2D eigenvalue weighted by Crippen LogP contribution is 2.22. The molecule has 0 aliphatic heterocycles. The van der Waals surface area contributed by atoms with E-state index in [2.05, 4.69) is 5.32 Å². The maximum Gasteiger partial charge on any atom is 0.389 e. The average Bonchev–Trinajstić information content (AvgIpc) is 2.18. The Hall–Kier alpha value is -0.780. The molecule has 1 aliphatic carbocycles. The van der Waals surface area contributed by atoms with Crippen molar-refractivity contribution in [3.05, 3.63) is 0 Å². The van der Waals surface area contributed by atoms with E-state index >= 15 is 0 Å². The fraction of sp³-hybridized carbons (Fsp3) is 0.900. The zero-order chi connectivity index (χ0) is 12.2. The van der Waals surface area contributed by atoms with E-state index in [0.29, 0.717) is 12.8 Å². The second-order valence-electron chi connectivity index (χ2n) is 4.14. The zero-order valence-electron chi connectivity index (χ0n) is 8.89. The Morgan fingerprint density at radius 2 is 1.94 bits per heavy atom. The van der Waals surface area contributed by atoms with E-state index < -0.39 is 31.0 Å². The summed E-state index contributed by atoms with van der Waals surface area (Å²) in [6, 6.07) is -0.380. The quantitative estimate of drug-likeness (QED) is 0.788. The molecule has 1 aliphatic rings. The van der Waals surface area contributed by atoms with Crippen LogP contribution in [0.15, 0.2) is 0 Å². The van der Waals surface area contributed by atoms with Crippen molar-refractivity contribution < 1.29 is 23.1 Å². The van der Waals surface area contributed by atoms with Crippen LogP contribution in [0.2, 0.25) is 0 Å². The van der Waals surface area contributed by atoms with Gasteiger partial charge >= 0.3 is 6.18 Å². The molecule has 1 fully saturated rings. The minimum atomic E-state index is -4.30. The molecular weight excluding hydrogens is 223 g/mol. The van der Waals surface area contributed by atoms with E-state index in [0.717, 1.165) is 12.8 Å². The number of carbonyl (C=O) groups excluding carboxylic acids is 1. The lowest BCUT2D eigenvalue weighted by Crippen LogP contribution is -2.45. The third-order valence-electron chi connectivity index (χ3n) is 2.71. The third-order valence-corrected chi connectivity index (χ3v) is 2.71. The summed E-state index contributed by atoms with van der Waals surface area (Å²) in [5.41, 5.74) is 0. The van der Waals surface area contributed by atoms with Crippen molar-refractivity contribution in [3.8, 4) is 0 Å². The predicted octanol–water partition coefficient (Wildman–Crippen LogP) is 1.75. The predicted molar refractivity (Wildman–Crippen MR) is 51.7 cm³/mol. The first-order chi connectivity index (χ1) is 7.38. The summed E-state index contributed by atoms with van der Waals surface area (Å²) in [7, 11) is 0. The van der Waals surface area contributed by atoms with Gasteiger partial charge in [0, 0.05) is 6.42 Å². The van der Waals surface area contributed by atoms with Crippen LogP contribution >= 0.6 is 0 Å². The lowest BCUT2D eigenvalue weighted by Gasteiger charge is -2.28. The van der Waals surface area contributed by atoms with Crippen molar-refractivity contribution in [2.75, 3.05) is 0 Å². The number of halogens is 3. The monoisotopic (exact) mass is 239 g/mol. The SMILES string of the molecule is O=C(CCC(F)(F)F)N[C@@H]1CCCC[C@H]1O. The van der Waals surface area contributed by atoms with Crippen LogP contribution < -0.4 is 5.32 Å². The summed E-state index contributed by atoms with van der Waals surface area (Å²) in [5, 5.41) is 12.0. The molecule has 0 aromatic rings. The van der Waals surface area contributed by atoms with Gasteiger partial charge in [0.2, 0.25) is 5.91 Å². The van der Waals surface area contributed by atoms with E-state index in [-0.39, 0.29) is 6.04 Å². The lowest BCUT2D eigenvalue weighted by atomic mass is 9.92. The molecule has 0 saturated heterocycles. The molecular formula is C10H16F3NO2. The second-order valence-corrected chi connectivity index (χ2v) is 4.14. The molecule has 6 heteroatoms. The first kappa shape index (κ1) is 13.3. The molecule has 94 valence electrons. The van der Waals surface area contributed by atoms with Crippen LogP contribution in [0.3, 0.4) is 0 Å². The molecule has 2 N–H and O–H groups in total. The largest absolute Gasteiger partial charge is 0.391 e. The second kappa shape index (κ2) is 5.52. The molecule has 2 atom stereocenters. The number of rotatable bonds is 3. The Bertz CT molecular complexity index is 243. The van der Waals surface area contributed by atoms with E-state index in [1.54, 1.807) is 0 Å². The van der Waals surface area contributed by atoms with Gasteiger partial charge in [-0.05, 0) is 12.8 Å². The van der Waals surface area contributed by atoms with Crippen LogP contribution in [0.1, 0.15) is 38.5 Å². The Morgan fingerprint density at radius 1 is 1.31 bits per heavy atom. The smallest absolute Gasteiger partial charge is 0.389 e. The minimum Gasteiger partial charge on any atom is -0.391 e. The van der Waals surface area contributed by atoms with Crippen molar-refractivity contribution in [1.29, 1.82) is 0 Å². The van der Waals surface area contributed by atoms with Crippen molar-refractivity contribution in [2.45, 2.75) is 56.8 Å². The van der Waals surface area contributed by atoms with Gasteiger partial charge in [-0.2, -0.15) is 13.2 Å². The van der Waals surface area contributed by atoms with E-state index in [9.17, 15) is 23.1 Å². The fourth-order valence-electron chi connectivity index (χ4n) is 1.81. The maximum atomic E-state index is 11.8. The van der Waals surface area contributed by atoms with Gasteiger partial charge in [-0.15, -0.1) is 0 Å². The normalized spacial score (nSPS) is 26.5. The molecule has 0 unspecified atom stereocenters. The van der Waals surface area contributed by atoms with E-state index in [4.69, 9.17) is 0 Å². The highest BCUT2D eigenvalue weighted by molar-refractivity contribution is 5.76. The molecule has 0 spiro atoms. The number of hydrogen-bond acceptors (Lipinski definition) is 2. The number of nitrogens with one attached hydrogen (secondary N) is 1. The topological polar surface area (TPSA) is 49.3 Å². The number of aliphatic hydroxyl groups is 1. The molecule has 0 heterocycles. The molecule has 0 radical (unpaired) electrons. The van der Waals surface area contributed by atoms with Crippen LogP contribution in [0.25, 0.3) is 0 Å². The summed E-state index contributed by atoms with van der Waals surface area (Å²) >= 11 is 0. The van der Waals surface area contributed by atoms with Crippen LogP contribution in [0, 0.1) is 0 Å². The summed E-state index contributed by atoms with van der Waals surface area (Å²) in [4.78, 5) is 11.2. The van der Waals surface area contributed by atoms with E-state index in [1.165, 1.54) is 0 Å².